The van der Waals surface area contributed by atoms with Gasteiger partial charge >= 0.3 is 17.9 Å². The minimum absolute atomic E-state index is 0.132. The molecular weight excluding hydrogens is 315 g/mol. The first kappa shape index (κ1) is 18.3. The molecule has 21 heavy (non-hydrogen) atoms. The smallest absolute Gasteiger partial charge is 0.302 e. The molecule has 1 aromatic carbocycles. The maximum Gasteiger partial charge on any atom is 0.484 e. The highest BCUT2D eigenvalue weighted by molar-refractivity contribution is 7.90. The van der Waals surface area contributed by atoms with E-state index in [4.69, 9.17) is 9.79 Å². The summed E-state index contributed by atoms with van der Waals surface area (Å²) in [5.74, 6) is -0.264. The predicted molar refractivity (Wildman–Crippen MR) is 79.7 cm³/mol. The van der Waals surface area contributed by atoms with E-state index in [1.165, 1.54) is 0 Å². The van der Waals surface area contributed by atoms with Crippen LogP contribution in [-0.2, 0) is 18.7 Å². The molecule has 8 heteroatoms. The molecule has 0 amide bonds. The molecule has 0 atom stereocenters. The van der Waals surface area contributed by atoms with Crippen LogP contribution in [0.15, 0.2) is 17.0 Å². The summed E-state index contributed by atoms with van der Waals surface area (Å²) in [6.07, 6.45) is 0. The number of hydrogen-bond donors (Lipinski definition) is 2. The standard InChI is InChI=1S/C13H21O6PS/c1-8(2)11-6-10(5)7-12(9(3)4)13(11)21(17,18)19-20(14,15)16/h6-9H,1-5H3,(H2,14,15,16). The van der Waals surface area contributed by atoms with Crippen molar-refractivity contribution in [1.82, 2.24) is 0 Å². The molecule has 0 unspecified atom stereocenters. The van der Waals surface area contributed by atoms with Crippen molar-refractivity contribution in [1.29, 1.82) is 0 Å². The van der Waals surface area contributed by atoms with Crippen LogP contribution in [0.4, 0.5) is 0 Å². The molecule has 120 valence electrons. The molecule has 1 aromatic rings. The van der Waals surface area contributed by atoms with Crippen LogP contribution in [0.3, 0.4) is 0 Å². The predicted octanol–water partition coefficient (Wildman–Crippen LogP) is 3.04. The fraction of sp³-hybridized carbons (Fsp3) is 0.538. The van der Waals surface area contributed by atoms with E-state index < -0.39 is 17.9 Å². The van der Waals surface area contributed by atoms with Crippen LogP contribution in [0, 0.1) is 6.92 Å². The van der Waals surface area contributed by atoms with Crippen LogP contribution in [0.1, 0.15) is 56.2 Å². The second-order valence-electron chi connectivity index (χ2n) is 5.60. The van der Waals surface area contributed by atoms with Crippen molar-refractivity contribution < 1.29 is 26.7 Å². The Bertz CT molecular complexity index is 643. The quantitative estimate of drug-likeness (QED) is 0.802. The molecule has 0 fully saturated rings. The summed E-state index contributed by atoms with van der Waals surface area (Å²) >= 11 is 0. The molecule has 0 aliphatic carbocycles. The molecule has 6 nitrogen and oxygen atoms in total. The Balaban J connectivity index is 3.70. The third-order valence-electron chi connectivity index (χ3n) is 2.98. The molecule has 0 spiro atoms. The molecule has 0 aromatic heterocycles. The second-order valence-corrected chi connectivity index (χ2v) is 8.50. The van der Waals surface area contributed by atoms with Gasteiger partial charge in [-0.2, -0.15) is 12.4 Å². The van der Waals surface area contributed by atoms with Crippen molar-refractivity contribution in [3.63, 3.8) is 0 Å². The van der Waals surface area contributed by atoms with Gasteiger partial charge < -0.3 is 9.79 Å². The van der Waals surface area contributed by atoms with Crippen molar-refractivity contribution in [2.45, 2.75) is 51.3 Å². The lowest BCUT2D eigenvalue weighted by Gasteiger charge is -2.20. The van der Waals surface area contributed by atoms with E-state index in [1.807, 2.05) is 34.6 Å². The first-order valence-electron chi connectivity index (χ1n) is 6.51. The Hall–Kier alpha value is -0.720. The van der Waals surface area contributed by atoms with Gasteiger partial charge in [0.1, 0.15) is 4.90 Å². The van der Waals surface area contributed by atoms with Gasteiger partial charge in [0.25, 0.3) is 0 Å². The minimum atomic E-state index is -5.15. The first-order chi connectivity index (χ1) is 9.35. The number of rotatable bonds is 5. The van der Waals surface area contributed by atoms with Gasteiger partial charge in [-0.05, 0) is 29.9 Å². The Morgan fingerprint density at radius 2 is 1.43 bits per heavy atom. The summed E-state index contributed by atoms with van der Waals surface area (Å²) in [5.41, 5.74) is 1.87. The number of benzene rings is 1. The van der Waals surface area contributed by atoms with E-state index in [9.17, 15) is 13.0 Å². The fourth-order valence-corrected chi connectivity index (χ4v) is 4.63. The lowest BCUT2D eigenvalue weighted by atomic mass is 9.93. The van der Waals surface area contributed by atoms with Gasteiger partial charge in [0.05, 0.1) is 0 Å². The minimum Gasteiger partial charge on any atom is -0.302 e. The highest BCUT2D eigenvalue weighted by atomic mass is 32.2. The van der Waals surface area contributed by atoms with Gasteiger partial charge in [0, 0.05) is 0 Å². The van der Waals surface area contributed by atoms with Gasteiger partial charge in [-0.25, -0.2) is 4.57 Å². The number of hydrogen-bond acceptors (Lipinski definition) is 4. The van der Waals surface area contributed by atoms with Crippen LogP contribution in [0.2, 0.25) is 0 Å². The van der Waals surface area contributed by atoms with Gasteiger partial charge in [0.2, 0.25) is 0 Å². The summed E-state index contributed by atoms with van der Waals surface area (Å²) < 4.78 is 39.6. The van der Waals surface area contributed by atoms with Crippen LogP contribution in [-0.4, -0.2) is 18.2 Å². The fourth-order valence-electron chi connectivity index (χ4n) is 2.14. The molecule has 1 rings (SSSR count). The molecule has 0 saturated carbocycles. The Kier molecular flexibility index (Phi) is 5.40. The first-order valence-corrected chi connectivity index (χ1v) is 9.45. The van der Waals surface area contributed by atoms with Gasteiger partial charge in [0.15, 0.2) is 0 Å². The maximum absolute atomic E-state index is 12.3. The number of phosphoric acid groups is 1. The third-order valence-corrected chi connectivity index (χ3v) is 5.51. The molecule has 0 aliphatic rings. The van der Waals surface area contributed by atoms with Crippen molar-refractivity contribution in [2.24, 2.45) is 0 Å². The lowest BCUT2D eigenvalue weighted by Crippen LogP contribution is -2.13. The molecule has 0 heterocycles. The normalized spacial score (nSPS) is 13.2. The SMILES string of the molecule is Cc1cc(C(C)C)c(S(=O)(=O)OP(=O)(O)O)c(C(C)C)c1. The Morgan fingerprint density at radius 1 is 1.05 bits per heavy atom. The summed E-state index contributed by atoms with van der Waals surface area (Å²) in [5, 5.41) is 0. The summed E-state index contributed by atoms with van der Waals surface area (Å²) in [6, 6.07) is 3.40. The zero-order valence-electron chi connectivity index (χ0n) is 12.7. The van der Waals surface area contributed by atoms with Crippen LogP contribution < -0.4 is 0 Å². The number of aryl methyl sites for hydroxylation is 1. The van der Waals surface area contributed by atoms with Crippen molar-refractivity contribution in [3.05, 3.63) is 28.8 Å². The summed E-state index contributed by atoms with van der Waals surface area (Å²) in [7, 11) is -9.70. The zero-order valence-corrected chi connectivity index (χ0v) is 14.4. The average Bonchev–Trinajstić information content (AvgIpc) is 2.23. The largest absolute Gasteiger partial charge is 0.484 e. The highest BCUT2D eigenvalue weighted by Crippen LogP contribution is 2.43. The molecule has 0 saturated heterocycles. The van der Waals surface area contributed by atoms with Crippen LogP contribution in [0.5, 0.6) is 0 Å². The summed E-state index contributed by atoms with van der Waals surface area (Å²) in [4.78, 5) is 17.5. The maximum atomic E-state index is 12.3. The Morgan fingerprint density at radius 3 is 1.71 bits per heavy atom. The van der Waals surface area contributed by atoms with E-state index in [0.29, 0.717) is 11.1 Å². The molecule has 0 radical (unpaired) electrons. The van der Waals surface area contributed by atoms with Crippen LogP contribution >= 0.6 is 7.82 Å². The Labute approximate surface area is 125 Å². The van der Waals surface area contributed by atoms with Gasteiger partial charge in [-0.1, -0.05) is 45.4 Å². The zero-order chi connectivity index (χ0) is 16.6. The second kappa shape index (κ2) is 6.18. The summed E-state index contributed by atoms with van der Waals surface area (Å²) in [6.45, 7) is 9.10. The van der Waals surface area contributed by atoms with E-state index in [2.05, 4.69) is 3.97 Å². The van der Waals surface area contributed by atoms with Gasteiger partial charge in [-0.15, -0.1) is 0 Å². The molecular formula is C13H21O6PS. The van der Waals surface area contributed by atoms with E-state index in [1.54, 1.807) is 12.1 Å². The average molecular weight is 336 g/mol. The highest BCUT2D eigenvalue weighted by Gasteiger charge is 2.33. The monoisotopic (exact) mass is 336 g/mol. The van der Waals surface area contributed by atoms with Crippen molar-refractivity contribution in [2.75, 3.05) is 0 Å². The molecule has 0 bridgehead atoms. The lowest BCUT2D eigenvalue weighted by molar-refractivity contribution is 0.285. The van der Waals surface area contributed by atoms with E-state index in [-0.39, 0.29) is 16.7 Å². The molecule has 0 aliphatic heterocycles. The van der Waals surface area contributed by atoms with E-state index >= 15 is 0 Å². The van der Waals surface area contributed by atoms with E-state index in [0.717, 1.165) is 5.56 Å². The van der Waals surface area contributed by atoms with Crippen LogP contribution in [0.25, 0.3) is 0 Å². The van der Waals surface area contributed by atoms with Crippen molar-refractivity contribution in [3.8, 4) is 0 Å². The van der Waals surface area contributed by atoms with Crippen molar-refractivity contribution >= 4 is 17.9 Å². The topological polar surface area (TPSA) is 101 Å². The third kappa shape index (κ3) is 4.63. The molecule has 2 N–H and O–H groups in total. The van der Waals surface area contributed by atoms with Gasteiger partial charge in [-0.3, -0.25) is 0 Å².